The Hall–Kier alpha value is -0.300. The van der Waals surface area contributed by atoms with Crippen LogP contribution in [0.15, 0.2) is 5.38 Å². The summed E-state index contributed by atoms with van der Waals surface area (Å²) in [5.41, 5.74) is 6.03. The van der Waals surface area contributed by atoms with Gasteiger partial charge in [0.25, 0.3) is 5.91 Å². The quantitative estimate of drug-likeness (QED) is 0.868. The van der Waals surface area contributed by atoms with E-state index in [0.717, 1.165) is 17.2 Å². The van der Waals surface area contributed by atoms with Gasteiger partial charge in [-0.1, -0.05) is 19.8 Å². The molecule has 0 radical (unpaired) electrons. The molecule has 2 unspecified atom stereocenters. The highest BCUT2D eigenvalue weighted by atomic mass is 35.5. The molecule has 1 amide bonds. The second-order valence-corrected chi connectivity index (χ2v) is 7.15. The number of thiazole rings is 1. The molecule has 20 heavy (non-hydrogen) atoms. The van der Waals surface area contributed by atoms with E-state index in [2.05, 4.69) is 17.2 Å². The van der Waals surface area contributed by atoms with Gasteiger partial charge in [-0.15, -0.1) is 23.7 Å². The predicted molar refractivity (Wildman–Crippen MR) is 88.9 cm³/mol. The van der Waals surface area contributed by atoms with Crippen LogP contribution >= 0.6 is 35.5 Å². The largest absolute Gasteiger partial charge is 0.347 e. The number of nitrogens with one attached hydrogen (secondary N) is 1. The van der Waals surface area contributed by atoms with Crippen molar-refractivity contribution in [3.05, 3.63) is 16.1 Å². The highest BCUT2D eigenvalue weighted by Crippen LogP contribution is 2.28. The van der Waals surface area contributed by atoms with Gasteiger partial charge in [0, 0.05) is 23.2 Å². The van der Waals surface area contributed by atoms with E-state index in [4.69, 9.17) is 5.73 Å². The molecule has 1 aliphatic carbocycles. The first-order chi connectivity index (χ1) is 9.24. The molecule has 3 N–H and O–H groups in total. The van der Waals surface area contributed by atoms with E-state index in [1.807, 2.05) is 11.8 Å². The molecule has 0 spiro atoms. The lowest BCUT2D eigenvalue weighted by Crippen LogP contribution is -2.44. The Balaban J connectivity index is 0.00000200. The molecular formula is C13H22ClN3OS2. The van der Waals surface area contributed by atoms with Gasteiger partial charge < -0.3 is 11.1 Å². The van der Waals surface area contributed by atoms with Crippen molar-refractivity contribution in [2.75, 3.05) is 5.75 Å². The van der Waals surface area contributed by atoms with Crippen LogP contribution in [0.4, 0.5) is 0 Å². The van der Waals surface area contributed by atoms with Crippen LogP contribution in [-0.2, 0) is 6.54 Å². The fraction of sp³-hybridized carbons (Fsp3) is 0.692. The molecule has 1 aromatic rings. The highest BCUT2D eigenvalue weighted by Gasteiger charge is 2.27. The van der Waals surface area contributed by atoms with Crippen LogP contribution in [0.1, 0.15) is 48.1 Å². The summed E-state index contributed by atoms with van der Waals surface area (Å²) in [4.78, 5) is 16.4. The first-order valence-electron chi connectivity index (χ1n) is 6.81. The van der Waals surface area contributed by atoms with Gasteiger partial charge >= 0.3 is 0 Å². The minimum absolute atomic E-state index is 0. The zero-order chi connectivity index (χ0) is 13.7. The summed E-state index contributed by atoms with van der Waals surface area (Å²) in [5.74, 6) is 1.05. The smallest absolute Gasteiger partial charge is 0.271 e. The third-order valence-electron chi connectivity index (χ3n) is 3.36. The number of nitrogens with two attached hydrogens (primary N) is 1. The minimum Gasteiger partial charge on any atom is -0.347 e. The summed E-state index contributed by atoms with van der Waals surface area (Å²) in [6, 6.07) is 0.286. The number of nitrogens with zero attached hydrogens (tertiary/aromatic N) is 1. The lowest BCUT2D eigenvalue weighted by Gasteiger charge is -2.31. The third kappa shape index (κ3) is 4.62. The average molecular weight is 336 g/mol. The molecule has 114 valence electrons. The summed E-state index contributed by atoms with van der Waals surface area (Å²) in [6.45, 7) is 2.57. The molecule has 1 fully saturated rings. The van der Waals surface area contributed by atoms with Crippen molar-refractivity contribution in [1.82, 2.24) is 10.3 Å². The summed E-state index contributed by atoms with van der Waals surface area (Å²) < 4.78 is 0. The van der Waals surface area contributed by atoms with Crippen LogP contribution in [-0.4, -0.2) is 27.9 Å². The fourth-order valence-electron chi connectivity index (χ4n) is 2.43. The van der Waals surface area contributed by atoms with Crippen LogP contribution in [0, 0.1) is 0 Å². The molecule has 7 heteroatoms. The maximum atomic E-state index is 12.2. The Morgan fingerprint density at radius 2 is 2.30 bits per heavy atom. The molecule has 2 rings (SSSR count). The summed E-state index contributed by atoms with van der Waals surface area (Å²) in [6.07, 6.45) is 4.76. The van der Waals surface area contributed by atoms with Crippen molar-refractivity contribution in [3.63, 3.8) is 0 Å². The van der Waals surface area contributed by atoms with Crippen molar-refractivity contribution < 1.29 is 4.79 Å². The Morgan fingerprint density at radius 3 is 2.95 bits per heavy atom. The first-order valence-corrected chi connectivity index (χ1v) is 8.74. The van der Waals surface area contributed by atoms with E-state index in [9.17, 15) is 4.79 Å². The van der Waals surface area contributed by atoms with Crippen LogP contribution < -0.4 is 11.1 Å². The number of aromatic nitrogens is 1. The average Bonchev–Trinajstić information content (AvgIpc) is 2.90. The van der Waals surface area contributed by atoms with Gasteiger partial charge in [0.1, 0.15) is 10.7 Å². The highest BCUT2D eigenvalue weighted by molar-refractivity contribution is 7.99. The zero-order valence-electron chi connectivity index (χ0n) is 11.6. The van der Waals surface area contributed by atoms with Gasteiger partial charge in [0.15, 0.2) is 0 Å². The van der Waals surface area contributed by atoms with Gasteiger partial charge in [0.05, 0.1) is 0 Å². The lowest BCUT2D eigenvalue weighted by molar-refractivity contribution is 0.0925. The number of amides is 1. The van der Waals surface area contributed by atoms with E-state index in [-0.39, 0.29) is 24.4 Å². The van der Waals surface area contributed by atoms with E-state index in [1.165, 1.54) is 30.6 Å². The SMILES string of the molecule is CCSC1CCCCC1NC(=O)c1csc(CN)n1.Cl. The minimum atomic E-state index is -0.0513. The standard InChI is InChI=1S/C13H21N3OS2.ClH/c1-2-18-11-6-4-3-5-9(11)16-13(17)10-8-19-12(7-14)15-10;/h8-9,11H,2-7,14H2,1H3,(H,16,17);1H. The maximum Gasteiger partial charge on any atom is 0.271 e. The van der Waals surface area contributed by atoms with Gasteiger partial charge in [0.2, 0.25) is 0 Å². The normalized spacial score (nSPS) is 22.1. The second-order valence-electron chi connectivity index (χ2n) is 4.69. The predicted octanol–water partition coefficient (Wildman–Crippen LogP) is 2.82. The van der Waals surface area contributed by atoms with Crippen molar-refractivity contribution in [3.8, 4) is 0 Å². The topological polar surface area (TPSA) is 68.0 Å². The number of halogens is 1. The van der Waals surface area contributed by atoms with Crippen LogP contribution in [0.3, 0.4) is 0 Å². The van der Waals surface area contributed by atoms with E-state index in [0.29, 0.717) is 17.5 Å². The van der Waals surface area contributed by atoms with Crippen molar-refractivity contribution in [2.45, 2.75) is 50.4 Å². The molecule has 0 bridgehead atoms. The van der Waals surface area contributed by atoms with Crippen molar-refractivity contribution in [2.24, 2.45) is 5.73 Å². The third-order valence-corrected chi connectivity index (χ3v) is 5.56. The molecule has 1 aliphatic rings. The van der Waals surface area contributed by atoms with E-state index in [1.54, 1.807) is 5.38 Å². The number of hydrogen-bond acceptors (Lipinski definition) is 5. The zero-order valence-corrected chi connectivity index (χ0v) is 14.1. The van der Waals surface area contributed by atoms with E-state index < -0.39 is 0 Å². The molecule has 1 saturated carbocycles. The number of carbonyl (C=O) groups excluding carboxylic acids is 1. The monoisotopic (exact) mass is 335 g/mol. The van der Waals surface area contributed by atoms with Crippen LogP contribution in [0.2, 0.25) is 0 Å². The lowest BCUT2D eigenvalue weighted by atomic mass is 9.95. The molecule has 0 aromatic carbocycles. The molecule has 2 atom stereocenters. The summed E-state index contributed by atoms with van der Waals surface area (Å²) in [5, 5.41) is 6.31. The van der Waals surface area contributed by atoms with Crippen LogP contribution in [0.5, 0.6) is 0 Å². The van der Waals surface area contributed by atoms with Crippen molar-refractivity contribution >= 4 is 41.4 Å². The molecule has 1 heterocycles. The van der Waals surface area contributed by atoms with Gasteiger partial charge in [-0.05, 0) is 18.6 Å². The molecule has 0 saturated heterocycles. The summed E-state index contributed by atoms with van der Waals surface area (Å²) in [7, 11) is 0. The number of rotatable bonds is 5. The fourth-order valence-corrected chi connectivity index (χ4v) is 4.28. The van der Waals surface area contributed by atoms with Gasteiger partial charge in [-0.25, -0.2) is 4.98 Å². The van der Waals surface area contributed by atoms with E-state index >= 15 is 0 Å². The van der Waals surface area contributed by atoms with Crippen LogP contribution in [0.25, 0.3) is 0 Å². The maximum absolute atomic E-state index is 12.2. The molecule has 0 aliphatic heterocycles. The Bertz CT molecular complexity index is 426. The second kappa shape index (κ2) is 8.87. The first kappa shape index (κ1) is 17.8. The Kier molecular flexibility index (Phi) is 7.87. The van der Waals surface area contributed by atoms with Gasteiger partial charge in [-0.3, -0.25) is 4.79 Å². The summed E-state index contributed by atoms with van der Waals surface area (Å²) >= 11 is 3.40. The van der Waals surface area contributed by atoms with Gasteiger partial charge in [-0.2, -0.15) is 11.8 Å². The van der Waals surface area contributed by atoms with Crippen molar-refractivity contribution in [1.29, 1.82) is 0 Å². The number of carbonyl (C=O) groups is 1. The number of hydrogen-bond donors (Lipinski definition) is 2. The molecule has 1 aromatic heterocycles. The molecular weight excluding hydrogens is 314 g/mol. The Labute approximate surface area is 134 Å². The number of thioether (sulfide) groups is 1. The Morgan fingerprint density at radius 1 is 1.55 bits per heavy atom. The molecule has 4 nitrogen and oxygen atoms in total.